The zero-order chi connectivity index (χ0) is 11.1. The first-order chi connectivity index (χ1) is 7.29. The summed E-state index contributed by atoms with van der Waals surface area (Å²) in [6, 6.07) is 0. The highest BCUT2D eigenvalue weighted by Gasteiger charge is 2.13. The maximum Gasteiger partial charge on any atom is 0.0277 e. The SMILES string of the molecule is CC/C(C=NC)=C(/C)C1CCC=CCC1. The van der Waals surface area contributed by atoms with Crippen molar-refractivity contribution in [2.45, 2.75) is 46.0 Å². The topological polar surface area (TPSA) is 12.4 Å². The Labute approximate surface area is 94.0 Å². The van der Waals surface area contributed by atoms with Gasteiger partial charge in [-0.05, 0) is 50.5 Å². The van der Waals surface area contributed by atoms with Gasteiger partial charge in [0, 0.05) is 13.3 Å². The second-order valence-electron chi connectivity index (χ2n) is 4.27. The normalized spacial score (nSPS) is 20.5. The Hall–Kier alpha value is -0.850. The van der Waals surface area contributed by atoms with E-state index in [0.29, 0.717) is 0 Å². The van der Waals surface area contributed by atoms with Crippen LogP contribution in [0.2, 0.25) is 0 Å². The van der Waals surface area contributed by atoms with Gasteiger partial charge < -0.3 is 0 Å². The fourth-order valence-electron chi connectivity index (χ4n) is 2.30. The van der Waals surface area contributed by atoms with E-state index in [1.807, 2.05) is 13.3 Å². The molecule has 0 amide bonds. The molecule has 0 aromatic rings. The molecule has 0 atom stereocenters. The third-order valence-corrected chi connectivity index (χ3v) is 3.31. The number of allylic oxidation sites excluding steroid dienone is 4. The first-order valence-corrected chi connectivity index (χ1v) is 6.06. The fraction of sp³-hybridized carbons (Fsp3) is 0.643. The molecule has 0 radical (unpaired) electrons. The van der Waals surface area contributed by atoms with Crippen LogP contribution in [0.1, 0.15) is 46.0 Å². The van der Waals surface area contributed by atoms with Gasteiger partial charge in [-0.15, -0.1) is 0 Å². The summed E-state index contributed by atoms with van der Waals surface area (Å²) >= 11 is 0. The van der Waals surface area contributed by atoms with Crippen molar-refractivity contribution in [3.63, 3.8) is 0 Å². The van der Waals surface area contributed by atoms with Crippen molar-refractivity contribution >= 4 is 6.21 Å². The van der Waals surface area contributed by atoms with Crippen LogP contribution >= 0.6 is 0 Å². The molecule has 1 nitrogen and oxygen atoms in total. The third-order valence-electron chi connectivity index (χ3n) is 3.31. The Morgan fingerprint density at radius 3 is 2.40 bits per heavy atom. The molecule has 1 aliphatic carbocycles. The van der Waals surface area contributed by atoms with E-state index in [1.165, 1.54) is 31.3 Å². The largest absolute Gasteiger partial charge is 0.296 e. The molecule has 0 saturated carbocycles. The zero-order valence-corrected chi connectivity index (χ0v) is 10.3. The Balaban J connectivity index is 2.75. The first kappa shape index (κ1) is 12.2. The van der Waals surface area contributed by atoms with Gasteiger partial charge in [0.1, 0.15) is 0 Å². The second kappa shape index (κ2) is 6.60. The van der Waals surface area contributed by atoms with Gasteiger partial charge >= 0.3 is 0 Å². The van der Waals surface area contributed by atoms with Crippen LogP contribution in [-0.4, -0.2) is 13.3 Å². The Morgan fingerprint density at radius 1 is 1.33 bits per heavy atom. The number of rotatable bonds is 3. The van der Waals surface area contributed by atoms with Gasteiger partial charge in [-0.1, -0.05) is 24.6 Å². The average molecular weight is 205 g/mol. The molecule has 84 valence electrons. The van der Waals surface area contributed by atoms with Crippen LogP contribution in [0.5, 0.6) is 0 Å². The molecule has 0 aliphatic heterocycles. The van der Waals surface area contributed by atoms with Crippen molar-refractivity contribution in [1.82, 2.24) is 0 Å². The van der Waals surface area contributed by atoms with Gasteiger partial charge in [-0.25, -0.2) is 0 Å². The highest BCUT2D eigenvalue weighted by molar-refractivity contribution is 5.79. The number of aliphatic imine (C=N–C) groups is 1. The molecule has 15 heavy (non-hydrogen) atoms. The molecule has 0 aromatic carbocycles. The molecule has 0 heterocycles. The lowest BCUT2D eigenvalue weighted by molar-refractivity contribution is 0.535. The van der Waals surface area contributed by atoms with E-state index in [1.54, 1.807) is 5.57 Å². The zero-order valence-electron chi connectivity index (χ0n) is 10.3. The summed E-state index contributed by atoms with van der Waals surface area (Å²) in [5.41, 5.74) is 3.00. The van der Waals surface area contributed by atoms with E-state index in [2.05, 4.69) is 31.0 Å². The van der Waals surface area contributed by atoms with Crippen molar-refractivity contribution in [3.8, 4) is 0 Å². The maximum atomic E-state index is 4.15. The molecule has 0 N–H and O–H groups in total. The lowest BCUT2D eigenvalue weighted by atomic mass is 9.88. The van der Waals surface area contributed by atoms with Crippen LogP contribution in [0, 0.1) is 5.92 Å². The Bertz CT molecular complexity index is 261. The van der Waals surface area contributed by atoms with Gasteiger partial charge in [0.05, 0.1) is 0 Å². The third kappa shape index (κ3) is 3.65. The molecule has 1 aliphatic rings. The number of nitrogens with zero attached hydrogens (tertiary/aromatic N) is 1. The predicted molar refractivity (Wildman–Crippen MR) is 68.5 cm³/mol. The predicted octanol–water partition coefficient (Wildman–Crippen LogP) is 4.16. The lowest BCUT2D eigenvalue weighted by Crippen LogP contribution is -2.04. The number of hydrogen-bond donors (Lipinski definition) is 0. The van der Waals surface area contributed by atoms with Gasteiger partial charge in [-0.2, -0.15) is 0 Å². The summed E-state index contributed by atoms with van der Waals surface area (Å²) in [7, 11) is 1.86. The summed E-state index contributed by atoms with van der Waals surface area (Å²) in [6.07, 6.45) is 12.9. The highest BCUT2D eigenvalue weighted by Crippen LogP contribution is 2.28. The minimum absolute atomic E-state index is 0.771. The molecule has 0 aromatic heterocycles. The van der Waals surface area contributed by atoms with Gasteiger partial charge in [0.2, 0.25) is 0 Å². The fourth-order valence-corrected chi connectivity index (χ4v) is 2.30. The first-order valence-electron chi connectivity index (χ1n) is 6.06. The Morgan fingerprint density at radius 2 is 1.93 bits per heavy atom. The summed E-state index contributed by atoms with van der Waals surface area (Å²) in [4.78, 5) is 4.15. The molecule has 0 saturated heterocycles. The van der Waals surface area contributed by atoms with Crippen molar-refractivity contribution in [1.29, 1.82) is 0 Å². The van der Waals surface area contributed by atoms with Crippen molar-refractivity contribution < 1.29 is 0 Å². The van der Waals surface area contributed by atoms with Crippen LogP contribution in [0.15, 0.2) is 28.3 Å². The summed E-state index contributed by atoms with van der Waals surface area (Å²) in [5.74, 6) is 0.771. The quantitative estimate of drug-likeness (QED) is 0.484. The summed E-state index contributed by atoms with van der Waals surface area (Å²) < 4.78 is 0. The summed E-state index contributed by atoms with van der Waals surface area (Å²) in [6.45, 7) is 4.51. The van der Waals surface area contributed by atoms with Crippen LogP contribution < -0.4 is 0 Å². The van der Waals surface area contributed by atoms with E-state index < -0.39 is 0 Å². The van der Waals surface area contributed by atoms with E-state index in [4.69, 9.17) is 0 Å². The molecule has 0 fully saturated rings. The van der Waals surface area contributed by atoms with E-state index in [0.717, 1.165) is 12.3 Å². The molecule has 1 rings (SSSR count). The second-order valence-corrected chi connectivity index (χ2v) is 4.27. The van der Waals surface area contributed by atoms with Crippen LogP contribution in [-0.2, 0) is 0 Å². The minimum atomic E-state index is 0.771. The molecule has 1 heteroatoms. The van der Waals surface area contributed by atoms with Crippen LogP contribution in [0.25, 0.3) is 0 Å². The van der Waals surface area contributed by atoms with Gasteiger partial charge in [0.15, 0.2) is 0 Å². The van der Waals surface area contributed by atoms with E-state index in [9.17, 15) is 0 Å². The maximum absolute atomic E-state index is 4.15. The highest BCUT2D eigenvalue weighted by atomic mass is 14.6. The molecule has 0 spiro atoms. The monoisotopic (exact) mass is 205 g/mol. The van der Waals surface area contributed by atoms with Crippen LogP contribution in [0.3, 0.4) is 0 Å². The standard InChI is InChI=1S/C14H23N/c1-4-13(11-15-3)12(2)14-9-7-5-6-8-10-14/h5-6,11,14H,4,7-10H2,1-3H3/b13-12+,15-11?. The Kier molecular flexibility index (Phi) is 5.38. The molecular weight excluding hydrogens is 182 g/mol. The van der Waals surface area contributed by atoms with Gasteiger partial charge in [0.25, 0.3) is 0 Å². The van der Waals surface area contributed by atoms with E-state index >= 15 is 0 Å². The smallest absolute Gasteiger partial charge is 0.0277 e. The lowest BCUT2D eigenvalue weighted by Gasteiger charge is -2.17. The van der Waals surface area contributed by atoms with Crippen molar-refractivity contribution in [2.75, 3.05) is 7.05 Å². The molecule has 0 unspecified atom stereocenters. The number of hydrogen-bond acceptors (Lipinski definition) is 1. The van der Waals surface area contributed by atoms with Crippen molar-refractivity contribution in [2.24, 2.45) is 10.9 Å². The minimum Gasteiger partial charge on any atom is -0.296 e. The van der Waals surface area contributed by atoms with Gasteiger partial charge in [-0.3, -0.25) is 4.99 Å². The molecule has 0 bridgehead atoms. The average Bonchev–Trinajstić information content (AvgIpc) is 2.53. The summed E-state index contributed by atoms with van der Waals surface area (Å²) in [5, 5.41) is 0. The molecular formula is C14H23N. The van der Waals surface area contributed by atoms with E-state index in [-0.39, 0.29) is 0 Å². The van der Waals surface area contributed by atoms with Crippen molar-refractivity contribution in [3.05, 3.63) is 23.3 Å². The van der Waals surface area contributed by atoms with Crippen LogP contribution in [0.4, 0.5) is 0 Å².